The molecule has 0 N–H and O–H groups in total. The van der Waals surface area contributed by atoms with Crippen LogP contribution in [0.15, 0.2) is 22.9 Å². The van der Waals surface area contributed by atoms with Crippen molar-refractivity contribution in [1.29, 1.82) is 0 Å². The first-order valence-electron chi connectivity index (χ1n) is 6.27. The Bertz CT molecular complexity index is 343. The number of rotatable bonds is 7. The molecule has 0 spiro atoms. The molecule has 0 bridgehead atoms. The summed E-state index contributed by atoms with van der Waals surface area (Å²) < 4.78 is 0. The topological polar surface area (TPSA) is 20.3 Å². The average molecular weight is 251 g/mol. The molecule has 0 aliphatic rings. The first-order valence-corrected chi connectivity index (χ1v) is 7.21. The third-order valence-electron chi connectivity index (χ3n) is 2.55. The van der Waals surface area contributed by atoms with E-state index in [1.807, 2.05) is 27.8 Å². The number of thiophene rings is 1. The van der Waals surface area contributed by atoms with Crippen LogP contribution in [-0.2, 0) is 4.79 Å². The van der Waals surface area contributed by atoms with E-state index in [9.17, 15) is 4.79 Å². The van der Waals surface area contributed by atoms with Gasteiger partial charge in [-0.15, -0.1) is 0 Å². The van der Waals surface area contributed by atoms with Crippen molar-refractivity contribution in [3.8, 4) is 0 Å². The molecule has 0 unspecified atom stereocenters. The van der Waals surface area contributed by atoms with Gasteiger partial charge in [-0.1, -0.05) is 20.3 Å². The number of carbonyl (C=O) groups is 1. The van der Waals surface area contributed by atoms with E-state index in [-0.39, 0.29) is 5.91 Å². The standard InChI is InChI=1S/C14H21NOS/c1-3-5-10-15(9-4-2)14(16)7-6-13-8-11-17-12-13/h6-8,11-12H,3-5,9-10H2,1-2H3/b7-6+. The molecule has 0 aromatic carbocycles. The predicted molar refractivity (Wildman–Crippen MR) is 75.1 cm³/mol. The highest BCUT2D eigenvalue weighted by atomic mass is 32.1. The second-order valence-corrected chi connectivity index (χ2v) is 4.85. The molecule has 0 saturated carbocycles. The van der Waals surface area contributed by atoms with E-state index >= 15 is 0 Å². The van der Waals surface area contributed by atoms with Gasteiger partial charge in [-0.2, -0.15) is 11.3 Å². The molecule has 0 aliphatic heterocycles. The van der Waals surface area contributed by atoms with Crippen molar-refractivity contribution in [2.45, 2.75) is 33.1 Å². The van der Waals surface area contributed by atoms with Gasteiger partial charge < -0.3 is 4.90 Å². The normalized spacial score (nSPS) is 10.9. The van der Waals surface area contributed by atoms with Crippen LogP contribution in [0, 0.1) is 0 Å². The average Bonchev–Trinajstić information content (AvgIpc) is 2.84. The predicted octanol–water partition coefficient (Wildman–Crippen LogP) is 3.80. The fraction of sp³-hybridized carbons (Fsp3) is 0.500. The van der Waals surface area contributed by atoms with Crippen LogP contribution in [0.4, 0.5) is 0 Å². The Morgan fingerprint density at radius 2 is 2.18 bits per heavy atom. The molecule has 0 saturated heterocycles. The summed E-state index contributed by atoms with van der Waals surface area (Å²) in [5.41, 5.74) is 1.11. The molecule has 0 fully saturated rings. The lowest BCUT2D eigenvalue weighted by atomic mass is 10.2. The summed E-state index contributed by atoms with van der Waals surface area (Å²) in [6.07, 6.45) is 6.81. The molecule has 1 amide bonds. The Kier molecular flexibility index (Phi) is 6.63. The van der Waals surface area contributed by atoms with Crippen molar-refractivity contribution in [2.24, 2.45) is 0 Å². The SMILES string of the molecule is CCCCN(CCC)C(=O)/C=C/c1ccsc1. The van der Waals surface area contributed by atoms with Gasteiger partial charge in [0.15, 0.2) is 0 Å². The van der Waals surface area contributed by atoms with Crippen molar-refractivity contribution >= 4 is 23.3 Å². The molecule has 0 radical (unpaired) electrons. The molecule has 0 aliphatic carbocycles. The quantitative estimate of drug-likeness (QED) is 0.675. The van der Waals surface area contributed by atoms with Gasteiger partial charge in [-0.25, -0.2) is 0 Å². The number of hydrogen-bond acceptors (Lipinski definition) is 2. The highest BCUT2D eigenvalue weighted by molar-refractivity contribution is 7.08. The summed E-state index contributed by atoms with van der Waals surface area (Å²) in [6.45, 7) is 5.98. The van der Waals surface area contributed by atoms with Crippen LogP contribution in [0.2, 0.25) is 0 Å². The fourth-order valence-corrected chi connectivity index (χ4v) is 2.22. The monoisotopic (exact) mass is 251 g/mol. The maximum Gasteiger partial charge on any atom is 0.246 e. The van der Waals surface area contributed by atoms with Crippen LogP contribution in [0.3, 0.4) is 0 Å². The summed E-state index contributed by atoms with van der Waals surface area (Å²) >= 11 is 1.65. The number of nitrogens with zero attached hydrogens (tertiary/aromatic N) is 1. The summed E-state index contributed by atoms with van der Waals surface area (Å²) in [7, 11) is 0. The lowest BCUT2D eigenvalue weighted by Crippen LogP contribution is -2.31. The van der Waals surface area contributed by atoms with Crippen LogP contribution in [0.5, 0.6) is 0 Å². The lowest BCUT2D eigenvalue weighted by molar-refractivity contribution is -0.126. The van der Waals surface area contributed by atoms with Crippen LogP contribution in [0.1, 0.15) is 38.7 Å². The molecule has 1 aromatic rings. The zero-order valence-corrected chi connectivity index (χ0v) is 11.5. The van der Waals surface area contributed by atoms with E-state index in [4.69, 9.17) is 0 Å². The molecule has 0 atom stereocenters. The number of amides is 1. The van der Waals surface area contributed by atoms with Crippen molar-refractivity contribution in [3.05, 3.63) is 28.5 Å². The molecule has 1 rings (SSSR count). The van der Waals surface area contributed by atoms with Gasteiger partial charge in [0.1, 0.15) is 0 Å². The first kappa shape index (κ1) is 14.0. The van der Waals surface area contributed by atoms with Gasteiger partial charge in [-0.3, -0.25) is 4.79 Å². The Balaban J connectivity index is 2.52. The summed E-state index contributed by atoms with van der Waals surface area (Å²) in [5.74, 6) is 0.131. The summed E-state index contributed by atoms with van der Waals surface area (Å²) in [4.78, 5) is 13.9. The van der Waals surface area contributed by atoms with E-state index < -0.39 is 0 Å². The zero-order valence-electron chi connectivity index (χ0n) is 10.7. The van der Waals surface area contributed by atoms with E-state index in [2.05, 4.69) is 13.8 Å². The molecule has 1 aromatic heterocycles. The van der Waals surface area contributed by atoms with Crippen molar-refractivity contribution in [3.63, 3.8) is 0 Å². The van der Waals surface area contributed by atoms with Gasteiger partial charge in [0.2, 0.25) is 5.91 Å². The second kappa shape index (κ2) is 8.07. The summed E-state index contributed by atoms with van der Waals surface area (Å²) in [5, 5.41) is 4.06. The number of carbonyl (C=O) groups excluding carboxylic acids is 1. The highest BCUT2D eigenvalue weighted by Gasteiger charge is 2.08. The van der Waals surface area contributed by atoms with Gasteiger partial charge in [0, 0.05) is 19.2 Å². The molecule has 94 valence electrons. The molecule has 3 heteroatoms. The molecular formula is C14H21NOS. The minimum Gasteiger partial charge on any atom is -0.339 e. The number of unbranched alkanes of at least 4 members (excludes halogenated alkanes) is 1. The van der Waals surface area contributed by atoms with Gasteiger partial charge in [0.25, 0.3) is 0 Å². The third kappa shape index (κ3) is 5.18. The van der Waals surface area contributed by atoms with E-state index in [0.717, 1.165) is 37.9 Å². The zero-order chi connectivity index (χ0) is 12.5. The van der Waals surface area contributed by atoms with Crippen LogP contribution in [-0.4, -0.2) is 23.9 Å². The highest BCUT2D eigenvalue weighted by Crippen LogP contribution is 2.08. The third-order valence-corrected chi connectivity index (χ3v) is 3.25. The van der Waals surface area contributed by atoms with Gasteiger partial charge in [-0.05, 0) is 41.3 Å². The molecule has 17 heavy (non-hydrogen) atoms. The van der Waals surface area contributed by atoms with E-state index in [0.29, 0.717) is 0 Å². The maximum absolute atomic E-state index is 12.0. The first-order chi connectivity index (χ1) is 8.27. The Morgan fingerprint density at radius 3 is 2.76 bits per heavy atom. The maximum atomic E-state index is 12.0. The molecule has 1 heterocycles. The lowest BCUT2D eigenvalue weighted by Gasteiger charge is -2.20. The minimum atomic E-state index is 0.131. The van der Waals surface area contributed by atoms with Gasteiger partial charge >= 0.3 is 0 Å². The number of hydrogen-bond donors (Lipinski definition) is 0. The molecule has 2 nitrogen and oxygen atoms in total. The summed E-state index contributed by atoms with van der Waals surface area (Å²) in [6, 6.07) is 2.02. The Labute approximate surface area is 108 Å². The van der Waals surface area contributed by atoms with Crippen molar-refractivity contribution < 1.29 is 4.79 Å². The second-order valence-electron chi connectivity index (χ2n) is 4.07. The molecular weight excluding hydrogens is 230 g/mol. The fourth-order valence-electron chi connectivity index (χ4n) is 1.59. The van der Waals surface area contributed by atoms with Crippen LogP contribution < -0.4 is 0 Å². The Hall–Kier alpha value is -1.09. The van der Waals surface area contributed by atoms with Gasteiger partial charge in [0.05, 0.1) is 0 Å². The van der Waals surface area contributed by atoms with Crippen LogP contribution >= 0.6 is 11.3 Å². The van der Waals surface area contributed by atoms with E-state index in [1.54, 1.807) is 17.4 Å². The smallest absolute Gasteiger partial charge is 0.246 e. The minimum absolute atomic E-state index is 0.131. The van der Waals surface area contributed by atoms with Crippen LogP contribution in [0.25, 0.3) is 6.08 Å². The van der Waals surface area contributed by atoms with Crippen molar-refractivity contribution in [1.82, 2.24) is 4.90 Å². The largest absolute Gasteiger partial charge is 0.339 e. The Morgan fingerprint density at radius 1 is 1.35 bits per heavy atom. The van der Waals surface area contributed by atoms with Crippen molar-refractivity contribution in [2.75, 3.05) is 13.1 Å². The van der Waals surface area contributed by atoms with E-state index in [1.165, 1.54) is 0 Å².